The molecule has 0 aliphatic carbocycles. The minimum atomic E-state index is -3.34. The minimum Gasteiger partial charge on any atom is -0.226 e. The lowest BCUT2D eigenvalue weighted by Gasteiger charge is -1.96. The molecular weight excluding hydrogens is 162 g/mol. The van der Waals surface area contributed by atoms with Crippen molar-refractivity contribution in [3.8, 4) is 6.07 Å². The van der Waals surface area contributed by atoms with Crippen molar-refractivity contribution in [3.63, 3.8) is 0 Å². The molecule has 0 aliphatic rings. The fraction of sp³-hybridized carbons (Fsp3) is 0.750. The Balaban J connectivity index is 4.41. The molecule has 0 saturated heterocycles. The average Bonchev–Trinajstić information content (AvgIpc) is 1.86. The van der Waals surface area contributed by atoms with Crippen LogP contribution in [0.3, 0.4) is 0 Å². The third-order valence-electron chi connectivity index (χ3n) is 0.819. The molecule has 5 heteroatoms. The highest BCUT2D eigenvalue weighted by Crippen LogP contribution is 2.04. The lowest BCUT2D eigenvalue weighted by molar-refractivity contribution is 0.598. The molecule has 0 heterocycles. The first kappa shape index (κ1) is 8.73. The van der Waals surface area contributed by atoms with Crippen LogP contribution in [0.4, 0.5) is 0 Å². The van der Waals surface area contributed by atoms with Gasteiger partial charge in [0.15, 0.2) is 9.84 Å². The summed E-state index contributed by atoms with van der Waals surface area (Å²) >= 11 is 5.11. The second-order valence-corrected chi connectivity index (χ2v) is 4.47. The van der Waals surface area contributed by atoms with Gasteiger partial charge in [-0.25, -0.2) is 8.42 Å². The zero-order valence-corrected chi connectivity index (χ0v) is 6.41. The standard InChI is InChI=1S/C4H6ClNO2S/c1-2-9(7,8)4(5)3-6/h4H,2H2,1H3. The van der Waals surface area contributed by atoms with E-state index in [2.05, 4.69) is 0 Å². The van der Waals surface area contributed by atoms with Crippen LogP contribution in [-0.4, -0.2) is 18.9 Å². The Morgan fingerprint density at radius 2 is 2.22 bits per heavy atom. The van der Waals surface area contributed by atoms with E-state index in [1.54, 1.807) is 0 Å². The molecule has 1 unspecified atom stereocenters. The van der Waals surface area contributed by atoms with Crippen molar-refractivity contribution < 1.29 is 8.42 Å². The molecule has 0 spiro atoms. The summed E-state index contributed by atoms with van der Waals surface area (Å²) in [6.07, 6.45) is 0. The molecule has 0 aliphatic heterocycles. The van der Waals surface area contributed by atoms with Gasteiger partial charge >= 0.3 is 0 Å². The van der Waals surface area contributed by atoms with Crippen molar-refractivity contribution in [1.29, 1.82) is 5.26 Å². The van der Waals surface area contributed by atoms with Crippen molar-refractivity contribution in [2.45, 2.75) is 11.6 Å². The number of hydrogen-bond acceptors (Lipinski definition) is 3. The third-order valence-corrected chi connectivity index (χ3v) is 3.27. The van der Waals surface area contributed by atoms with Crippen LogP contribution < -0.4 is 0 Å². The first-order valence-electron chi connectivity index (χ1n) is 2.30. The van der Waals surface area contributed by atoms with Gasteiger partial charge in [-0.2, -0.15) is 5.26 Å². The number of nitrogens with zero attached hydrogens (tertiary/aromatic N) is 1. The molecule has 52 valence electrons. The van der Waals surface area contributed by atoms with Crippen LogP contribution in [0.2, 0.25) is 0 Å². The summed E-state index contributed by atoms with van der Waals surface area (Å²) in [4.78, 5) is 0. The number of nitriles is 1. The lowest BCUT2D eigenvalue weighted by atomic mass is 10.9. The Labute approximate surface area is 59.2 Å². The van der Waals surface area contributed by atoms with E-state index in [1.807, 2.05) is 0 Å². The van der Waals surface area contributed by atoms with Gasteiger partial charge in [0.2, 0.25) is 4.71 Å². The third kappa shape index (κ3) is 2.20. The maximum atomic E-state index is 10.6. The first-order chi connectivity index (χ1) is 4.04. The van der Waals surface area contributed by atoms with Gasteiger partial charge in [-0.3, -0.25) is 0 Å². The van der Waals surface area contributed by atoms with Gasteiger partial charge in [0.1, 0.15) is 0 Å². The molecular formula is C4H6ClNO2S. The summed E-state index contributed by atoms with van der Waals surface area (Å²) < 4.78 is 19.8. The highest BCUT2D eigenvalue weighted by atomic mass is 35.5. The number of hydrogen-bond donors (Lipinski definition) is 0. The highest BCUT2D eigenvalue weighted by Gasteiger charge is 2.19. The van der Waals surface area contributed by atoms with Crippen molar-refractivity contribution in [1.82, 2.24) is 0 Å². The minimum absolute atomic E-state index is 0.0886. The number of rotatable bonds is 2. The van der Waals surface area contributed by atoms with E-state index in [0.717, 1.165) is 0 Å². The monoisotopic (exact) mass is 167 g/mol. The fourth-order valence-electron chi connectivity index (χ4n) is 0.227. The maximum Gasteiger partial charge on any atom is 0.220 e. The zero-order chi connectivity index (χ0) is 7.49. The SMILES string of the molecule is CCS(=O)(=O)C(Cl)C#N. The molecule has 1 atom stereocenters. The molecule has 0 bridgehead atoms. The summed E-state index contributed by atoms with van der Waals surface area (Å²) in [7, 11) is -3.34. The van der Waals surface area contributed by atoms with Crippen molar-refractivity contribution in [3.05, 3.63) is 0 Å². The normalized spacial score (nSPS) is 14.3. The number of sulfone groups is 1. The second-order valence-electron chi connectivity index (χ2n) is 1.40. The van der Waals surface area contributed by atoms with Crippen molar-refractivity contribution >= 4 is 21.4 Å². The van der Waals surface area contributed by atoms with Gasteiger partial charge in [0.25, 0.3) is 0 Å². The van der Waals surface area contributed by atoms with Gasteiger partial charge < -0.3 is 0 Å². The van der Waals surface area contributed by atoms with Gasteiger partial charge in [-0.15, -0.1) is 0 Å². The second kappa shape index (κ2) is 3.04. The Bertz CT molecular complexity index is 215. The number of alkyl halides is 1. The molecule has 0 fully saturated rings. The zero-order valence-electron chi connectivity index (χ0n) is 4.83. The average molecular weight is 168 g/mol. The van der Waals surface area contributed by atoms with Gasteiger partial charge in [-0.05, 0) is 0 Å². The summed E-state index contributed by atoms with van der Waals surface area (Å²) in [6.45, 7) is 1.45. The molecule has 0 saturated carbocycles. The van der Waals surface area contributed by atoms with Crippen molar-refractivity contribution in [2.24, 2.45) is 0 Å². The van der Waals surface area contributed by atoms with Gasteiger partial charge in [-0.1, -0.05) is 18.5 Å². The van der Waals surface area contributed by atoms with Gasteiger partial charge in [0.05, 0.1) is 6.07 Å². The Hall–Kier alpha value is -0.270. The largest absolute Gasteiger partial charge is 0.226 e. The van der Waals surface area contributed by atoms with Crippen LogP contribution in [-0.2, 0) is 9.84 Å². The molecule has 0 aromatic heterocycles. The van der Waals surface area contributed by atoms with E-state index in [4.69, 9.17) is 16.9 Å². The highest BCUT2D eigenvalue weighted by molar-refractivity contribution is 7.93. The van der Waals surface area contributed by atoms with Crippen LogP contribution >= 0.6 is 11.6 Å². The fourth-order valence-corrected chi connectivity index (χ4v) is 1.06. The summed E-state index contributed by atoms with van der Waals surface area (Å²) in [5.41, 5.74) is 0. The summed E-state index contributed by atoms with van der Waals surface area (Å²) in [6, 6.07) is 1.43. The molecule has 0 rings (SSSR count). The van der Waals surface area contributed by atoms with E-state index < -0.39 is 14.5 Å². The molecule has 0 amide bonds. The molecule has 0 aromatic carbocycles. The van der Waals surface area contributed by atoms with E-state index in [0.29, 0.717) is 0 Å². The quantitative estimate of drug-likeness (QED) is 0.563. The van der Waals surface area contributed by atoms with E-state index >= 15 is 0 Å². The molecule has 0 aromatic rings. The smallest absolute Gasteiger partial charge is 0.220 e. The summed E-state index contributed by atoms with van der Waals surface area (Å²) in [5, 5.41) is 8.04. The maximum absolute atomic E-state index is 10.6. The van der Waals surface area contributed by atoms with Crippen LogP contribution in [0.1, 0.15) is 6.92 Å². The molecule has 3 nitrogen and oxygen atoms in total. The Kier molecular flexibility index (Phi) is 2.95. The van der Waals surface area contributed by atoms with Gasteiger partial charge in [0, 0.05) is 5.75 Å². The van der Waals surface area contributed by atoms with E-state index in [1.165, 1.54) is 13.0 Å². The Morgan fingerprint density at radius 3 is 2.33 bits per heavy atom. The first-order valence-corrected chi connectivity index (χ1v) is 4.45. The molecule has 0 N–H and O–H groups in total. The Morgan fingerprint density at radius 1 is 1.78 bits per heavy atom. The van der Waals surface area contributed by atoms with Crippen LogP contribution in [0.25, 0.3) is 0 Å². The van der Waals surface area contributed by atoms with E-state index in [-0.39, 0.29) is 5.75 Å². The predicted octanol–water partition coefficient (Wildman–Crippen LogP) is 0.510. The van der Waals surface area contributed by atoms with Crippen LogP contribution in [0, 0.1) is 11.3 Å². The molecule has 0 radical (unpaired) electrons. The lowest BCUT2D eigenvalue weighted by Crippen LogP contribution is -2.14. The topological polar surface area (TPSA) is 57.9 Å². The van der Waals surface area contributed by atoms with Crippen LogP contribution in [0.15, 0.2) is 0 Å². The predicted molar refractivity (Wildman–Crippen MR) is 34.7 cm³/mol. The van der Waals surface area contributed by atoms with Crippen LogP contribution in [0.5, 0.6) is 0 Å². The van der Waals surface area contributed by atoms with E-state index in [9.17, 15) is 8.42 Å². The molecule has 9 heavy (non-hydrogen) atoms. The number of halogens is 1. The van der Waals surface area contributed by atoms with Crippen molar-refractivity contribution in [2.75, 3.05) is 5.75 Å². The summed E-state index contributed by atoms with van der Waals surface area (Å²) in [5.74, 6) is -0.0886.